The predicted molar refractivity (Wildman–Crippen MR) is 77.4 cm³/mol. The maximum atomic E-state index is 5.99. The smallest absolute Gasteiger partial charge is 0.140 e. The van der Waals surface area contributed by atoms with Crippen molar-refractivity contribution in [1.29, 1.82) is 0 Å². The number of aromatic nitrogens is 3. The summed E-state index contributed by atoms with van der Waals surface area (Å²) in [6.45, 7) is 6.30. The van der Waals surface area contributed by atoms with Gasteiger partial charge in [-0.3, -0.25) is 4.57 Å². The molecule has 19 heavy (non-hydrogen) atoms. The molecule has 2 N–H and O–H groups in total. The number of hydrogen-bond donors (Lipinski definition) is 1. The molecule has 4 heteroatoms. The van der Waals surface area contributed by atoms with Gasteiger partial charge in [0.05, 0.1) is 0 Å². The quantitative estimate of drug-likeness (QED) is 0.896. The minimum atomic E-state index is 0.214. The Morgan fingerprint density at radius 1 is 1.32 bits per heavy atom. The van der Waals surface area contributed by atoms with Gasteiger partial charge >= 0.3 is 0 Å². The van der Waals surface area contributed by atoms with E-state index in [9.17, 15) is 0 Å². The van der Waals surface area contributed by atoms with Crippen molar-refractivity contribution in [1.82, 2.24) is 14.5 Å². The lowest BCUT2D eigenvalue weighted by Crippen LogP contribution is -2.21. The molecule has 0 radical (unpaired) electrons. The summed E-state index contributed by atoms with van der Waals surface area (Å²) >= 11 is 0. The number of hydrogen-bond acceptors (Lipinski definition) is 3. The lowest BCUT2D eigenvalue weighted by atomic mass is 10.1. The zero-order valence-corrected chi connectivity index (χ0v) is 11.9. The van der Waals surface area contributed by atoms with E-state index < -0.39 is 0 Å². The predicted octanol–water partition coefficient (Wildman–Crippen LogP) is 2.42. The van der Waals surface area contributed by atoms with Crippen molar-refractivity contribution in [3.05, 3.63) is 41.6 Å². The van der Waals surface area contributed by atoms with Gasteiger partial charge in [-0.25, -0.2) is 9.97 Å². The Morgan fingerprint density at radius 2 is 2.11 bits per heavy atom. The largest absolute Gasteiger partial charge is 0.327 e. The number of pyridine rings is 1. The Balaban J connectivity index is 2.29. The van der Waals surface area contributed by atoms with Crippen LogP contribution in [0.3, 0.4) is 0 Å². The summed E-state index contributed by atoms with van der Waals surface area (Å²) in [5, 5.41) is 0. The number of nitrogens with two attached hydrogens (primary N) is 1. The number of aryl methyl sites for hydroxylation is 2. The lowest BCUT2D eigenvalue weighted by molar-refractivity contribution is 0.644. The molecule has 2 heterocycles. The summed E-state index contributed by atoms with van der Waals surface area (Å²) in [5.41, 5.74) is 8.35. The van der Waals surface area contributed by atoms with Crippen LogP contribution >= 0.6 is 0 Å². The first-order chi connectivity index (χ1) is 9.15. The molecule has 0 aliphatic carbocycles. The molecule has 0 aromatic carbocycles. The normalized spacial score (nSPS) is 12.6. The fraction of sp³-hybridized carbons (Fsp3) is 0.467. The summed E-state index contributed by atoms with van der Waals surface area (Å²) in [6, 6.07) is 2.39. The van der Waals surface area contributed by atoms with Crippen LogP contribution in [0.4, 0.5) is 0 Å². The van der Waals surface area contributed by atoms with Gasteiger partial charge in [0.25, 0.3) is 0 Å². The Labute approximate surface area is 114 Å². The maximum absolute atomic E-state index is 5.99. The molecular formula is C15H22N4. The van der Waals surface area contributed by atoms with Gasteiger partial charge in [-0.2, -0.15) is 0 Å². The van der Waals surface area contributed by atoms with Crippen molar-refractivity contribution < 1.29 is 0 Å². The monoisotopic (exact) mass is 258 g/mol. The van der Waals surface area contributed by atoms with E-state index in [2.05, 4.69) is 41.4 Å². The topological polar surface area (TPSA) is 56.7 Å². The van der Waals surface area contributed by atoms with Gasteiger partial charge in [-0.05, 0) is 30.9 Å². The molecule has 0 aliphatic rings. The molecule has 0 saturated heterocycles. The fourth-order valence-corrected chi connectivity index (χ4v) is 2.23. The van der Waals surface area contributed by atoms with Gasteiger partial charge in [0, 0.05) is 31.1 Å². The second-order valence-corrected chi connectivity index (χ2v) is 4.92. The minimum Gasteiger partial charge on any atom is -0.327 e. The van der Waals surface area contributed by atoms with Crippen molar-refractivity contribution in [2.45, 2.75) is 46.1 Å². The average Bonchev–Trinajstić information content (AvgIpc) is 2.87. The molecule has 2 rings (SSSR count). The van der Waals surface area contributed by atoms with Gasteiger partial charge < -0.3 is 5.73 Å². The van der Waals surface area contributed by atoms with E-state index in [0.29, 0.717) is 0 Å². The third-order valence-electron chi connectivity index (χ3n) is 3.39. The van der Waals surface area contributed by atoms with Gasteiger partial charge in [0.1, 0.15) is 11.6 Å². The summed E-state index contributed by atoms with van der Waals surface area (Å²) in [4.78, 5) is 8.92. The number of imidazole rings is 1. The van der Waals surface area contributed by atoms with Crippen molar-refractivity contribution in [2.75, 3.05) is 0 Å². The van der Waals surface area contributed by atoms with Crippen LogP contribution in [-0.4, -0.2) is 20.6 Å². The first kappa shape index (κ1) is 13.7. The van der Waals surface area contributed by atoms with E-state index in [4.69, 9.17) is 5.73 Å². The van der Waals surface area contributed by atoms with Crippen molar-refractivity contribution in [3.8, 4) is 5.82 Å². The molecule has 1 unspecified atom stereocenters. The van der Waals surface area contributed by atoms with E-state index in [1.54, 1.807) is 0 Å². The maximum Gasteiger partial charge on any atom is 0.140 e. The lowest BCUT2D eigenvalue weighted by Gasteiger charge is -2.12. The highest BCUT2D eigenvalue weighted by Crippen LogP contribution is 2.16. The molecule has 0 amide bonds. The Hall–Kier alpha value is -1.68. The third kappa shape index (κ3) is 3.01. The van der Waals surface area contributed by atoms with Crippen LogP contribution in [-0.2, 0) is 12.8 Å². The van der Waals surface area contributed by atoms with Crippen molar-refractivity contribution in [3.63, 3.8) is 0 Å². The van der Waals surface area contributed by atoms with Crippen LogP contribution in [0, 0.1) is 6.92 Å². The highest BCUT2D eigenvalue weighted by atomic mass is 15.1. The van der Waals surface area contributed by atoms with E-state index >= 15 is 0 Å². The first-order valence-corrected chi connectivity index (χ1v) is 6.89. The zero-order chi connectivity index (χ0) is 13.8. The van der Waals surface area contributed by atoms with E-state index in [0.717, 1.165) is 36.5 Å². The van der Waals surface area contributed by atoms with Gasteiger partial charge in [0.2, 0.25) is 0 Å². The number of nitrogens with zero attached hydrogens (tertiary/aromatic N) is 3. The molecule has 102 valence electrons. The molecular weight excluding hydrogens is 236 g/mol. The first-order valence-electron chi connectivity index (χ1n) is 6.89. The van der Waals surface area contributed by atoms with Crippen molar-refractivity contribution in [2.24, 2.45) is 5.73 Å². The fourth-order valence-electron chi connectivity index (χ4n) is 2.23. The second-order valence-electron chi connectivity index (χ2n) is 4.92. The summed E-state index contributed by atoms with van der Waals surface area (Å²) in [5.74, 6) is 2.00. The van der Waals surface area contributed by atoms with Crippen LogP contribution in [0.2, 0.25) is 0 Å². The Morgan fingerprint density at radius 3 is 2.74 bits per heavy atom. The molecule has 1 atom stereocenters. The standard InChI is InChI=1S/C15H22N4/c1-4-13(16)9-12-8-11(3)15(18-10-12)19-7-6-17-14(19)5-2/h6-8,10,13H,4-5,9,16H2,1-3H3. The number of rotatable bonds is 5. The van der Waals surface area contributed by atoms with Gasteiger partial charge in [-0.15, -0.1) is 0 Å². The Bertz CT molecular complexity index is 545. The summed E-state index contributed by atoms with van der Waals surface area (Å²) in [6.07, 6.45) is 8.48. The molecule has 2 aromatic heterocycles. The third-order valence-corrected chi connectivity index (χ3v) is 3.39. The molecule has 4 nitrogen and oxygen atoms in total. The highest BCUT2D eigenvalue weighted by molar-refractivity contribution is 5.36. The van der Waals surface area contributed by atoms with E-state index in [-0.39, 0.29) is 6.04 Å². The minimum absolute atomic E-state index is 0.214. The molecule has 0 bridgehead atoms. The van der Waals surface area contributed by atoms with Crippen molar-refractivity contribution >= 4 is 0 Å². The van der Waals surface area contributed by atoms with Crippen LogP contribution in [0.1, 0.15) is 37.2 Å². The average molecular weight is 258 g/mol. The van der Waals surface area contributed by atoms with Crippen LogP contribution in [0.5, 0.6) is 0 Å². The molecule has 0 saturated carbocycles. The highest BCUT2D eigenvalue weighted by Gasteiger charge is 2.09. The molecule has 0 spiro atoms. The SMILES string of the molecule is CCc1nccn1-c1ncc(CC(N)CC)cc1C. The molecule has 0 aliphatic heterocycles. The summed E-state index contributed by atoms with van der Waals surface area (Å²) in [7, 11) is 0. The van der Waals surface area contributed by atoms with Crippen LogP contribution in [0.15, 0.2) is 24.7 Å². The van der Waals surface area contributed by atoms with Gasteiger partial charge in [0.15, 0.2) is 0 Å². The van der Waals surface area contributed by atoms with Gasteiger partial charge in [-0.1, -0.05) is 19.9 Å². The van der Waals surface area contributed by atoms with Crippen LogP contribution < -0.4 is 5.73 Å². The molecule has 2 aromatic rings. The van der Waals surface area contributed by atoms with E-state index in [1.807, 2.05) is 18.6 Å². The van der Waals surface area contributed by atoms with E-state index in [1.165, 1.54) is 5.56 Å². The Kier molecular flexibility index (Phi) is 4.32. The zero-order valence-electron chi connectivity index (χ0n) is 11.9. The summed E-state index contributed by atoms with van der Waals surface area (Å²) < 4.78 is 2.05. The van der Waals surface area contributed by atoms with Crippen LogP contribution in [0.25, 0.3) is 5.82 Å². The molecule has 0 fully saturated rings. The second kappa shape index (κ2) is 5.97.